The number of carbonyl (C=O) groups excluding carboxylic acids is 1. The van der Waals surface area contributed by atoms with Crippen molar-refractivity contribution < 1.29 is 4.79 Å². The van der Waals surface area contributed by atoms with Crippen LogP contribution < -0.4 is 10.6 Å². The maximum atomic E-state index is 12.2. The van der Waals surface area contributed by atoms with E-state index in [0.29, 0.717) is 19.1 Å². The second-order valence-electron chi connectivity index (χ2n) is 4.95. The number of hydrogen-bond acceptors (Lipinski definition) is 3. The van der Waals surface area contributed by atoms with Gasteiger partial charge in [0, 0.05) is 32.7 Å². The topological polar surface area (TPSA) is 44.4 Å². The zero-order valence-electron chi connectivity index (χ0n) is 11.0. The Bertz CT molecular complexity index is 385. The molecular formula is C14H21N3O. The van der Waals surface area contributed by atoms with Crippen molar-refractivity contribution >= 4 is 5.91 Å². The van der Waals surface area contributed by atoms with Gasteiger partial charge in [-0.05, 0) is 12.5 Å². The Kier molecular flexibility index (Phi) is 4.33. The van der Waals surface area contributed by atoms with Crippen LogP contribution in [-0.4, -0.2) is 43.0 Å². The summed E-state index contributed by atoms with van der Waals surface area (Å²) in [5, 5.41) is 6.60. The maximum absolute atomic E-state index is 12.2. The third-order valence-electron chi connectivity index (χ3n) is 3.28. The van der Waals surface area contributed by atoms with Crippen LogP contribution in [-0.2, 0) is 11.3 Å². The molecule has 0 saturated carbocycles. The monoisotopic (exact) mass is 247 g/mol. The summed E-state index contributed by atoms with van der Waals surface area (Å²) in [5.74, 6) is 0.151. The molecule has 1 aromatic carbocycles. The van der Waals surface area contributed by atoms with Gasteiger partial charge in [0.05, 0.1) is 6.04 Å². The lowest BCUT2D eigenvalue weighted by atomic mass is 10.1. The first-order valence-electron chi connectivity index (χ1n) is 6.42. The summed E-state index contributed by atoms with van der Waals surface area (Å²) in [7, 11) is 1.86. The number of nitrogens with zero attached hydrogens (tertiary/aromatic N) is 1. The normalized spacial score (nSPS) is 23.7. The molecule has 4 nitrogen and oxygen atoms in total. The number of benzene rings is 1. The summed E-state index contributed by atoms with van der Waals surface area (Å²) in [6, 6.07) is 10.4. The summed E-state index contributed by atoms with van der Waals surface area (Å²) < 4.78 is 0. The van der Waals surface area contributed by atoms with Gasteiger partial charge in [0.25, 0.3) is 0 Å². The molecule has 0 aliphatic carbocycles. The van der Waals surface area contributed by atoms with Gasteiger partial charge in [0.2, 0.25) is 5.91 Å². The molecule has 0 aromatic heterocycles. The molecule has 2 unspecified atom stereocenters. The van der Waals surface area contributed by atoms with Crippen molar-refractivity contribution in [1.82, 2.24) is 15.5 Å². The van der Waals surface area contributed by atoms with Gasteiger partial charge >= 0.3 is 0 Å². The largest absolute Gasteiger partial charge is 0.340 e. The molecule has 18 heavy (non-hydrogen) atoms. The van der Waals surface area contributed by atoms with E-state index >= 15 is 0 Å². The average molecular weight is 247 g/mol. The molecule has 0 spiro atoms. The highest BCUT2D eigenvalue weighted by molar-refractivity contribution is 5.82. The smallest absolute Gasteiger partial charge is 0.241 e. The highest BCUT2D eigenvalue weighted by atomic mass is 16.2. The molecule has 2 rings (SSSR count). The van der Waals surface area contributed by atoms with E-state index in [1.54, 1.807) is 4.90 Å². The number of rotatable bonds is 3. The Morgan fingerprint density at radius 2 is 2.00 bits per heavy atom. The van der Waals surface area contributed by atoms with Gasteiger partial charge in [-0.1, -0.05) is 30.3 Å². The Labute approximate surface area is 108 Å². The van der Waals surface area contributed by atoms with Crippen LogP contribution in [0.4, 0.5) is 0 Å². The third-order valence-corrected chi connectivity index (χ3v) is 3.28. The Hall–Kier alpha value is -1.39. The quantitative estimate of drug-likeness (QED) is 0.822. The summed E-state index contributed by atoms with van der Waals surface area (Å²) in [6.07, 6.45) is 0. The first kappa shape index (κ1) is 13.1. The van der Waals surface area contributed by atoms with E-state index in [1.165, 1.54) is 0 Å². The molecule has 1 fully saturated rings. The molecule has 1 aliphatic rings. The van der Waals surface area contributed by atoms with Gasteiger partial charge in [-0.25, -0.2) is 0 Å². The van der Waals surface area contributed by atoms with Crippen molar-refractivity contribution in [2.45, 2.75) is 25.6 Å². The molecule has 4 heteroatoms. The van der Waals surface area contributed by atoms with Gasteiger partial charge < -0.3 is 15.5 Å². The standard InChI is InChI=1S/C14H21N3O/c1-11-8-16-13(9-15-11)14(18)17(2)10-12-6-4-3-5-7-12/h3-7,11,13,15-16H,8-10H2,1-2H3. The average Bonchev–Trinajstić information content (AvgIpc) is 2.40. The van der Waals surface area contributed by atoms with Crippen molar-refractivity contribution in [3.63, 3.8) is 0 Å². The zero-order chi connectivity index (χ0) is 13.0. The van der Waals surface area contributed by atoms with Crippen LogP contribution in [0, 0.1) is 0 Å². The van der Waals surface area contributed by atoms with Crippen molar-refractivity contribution in [3.05, 3.63) is 35.9 Å². The van der Waals surface area contributed by atoms with E-state index in [-0.39, 0.29) is 11.9 Å². The van der Waals surface area contributed by atoms with Crippen molar-refractivity contribution in [1.29, 1.82) is 0 Å². The molecule has 1 aliphatic heterocycles. The number of likely N-dealkylation sites (N-methyl/N-ethyl adjacent to an activating group) is 1. The minimum atomic E-state index is -0.102. The van der Waals surface area contributed by atoms with Crippen molar-refractivity contribution in [2.75, 3.05) is 20.1 Å². The van der Waals surface area contributed by atoms with Gasteiger partial charge in [-0.15, -0.1) is 0 Å². The third kappa shape index (κ3) is 3.31. The molecule has 2 atom stereocenters. The molecule has 0 bridgehead atoms. The van der Waals surface area contributed by atoms with E-state index in [4.69, 9.17) is 0 Å². The van der Waals surface area contributed by atoms with Crippen LogP contribution in [0.3, 0.4) is 0 Å². The number of hydrogen-bond donors (Lipinski definition) is 2. The lowest BCUT2D eigenvalue weighted by Crippen LogP contribution is -2.58. The fourth-order valence-electron chi connectivity index (χ4n) is 2.16. The van der Waals surface area contributed by atoms with Crippen LogP contribution in [0.15, 0.2) is 30.3 Å². The number of piperazine rings is 1. The van der Waals surface area contributed by atoms with Gasteiger partial charge in [0.1, 0.15) is 0 Å². The molecule has 2 N–H and O–H groups in total. The van der Waals surface area contributed by atoms with Gasteiger partial charge in [-0.2, -0.15) is 0 Å². The van der Waals surface area contributed by atoms with E-state index in [0.717, 1.165) is 12.1 Å². The van der Waals surface area contributed by atoms with Gasteiger partial charge in [0.15, 0.2) is 0 Å². The minimum Gasteiger partial charge on any atom is -0.340 e. The fraction of sp³-hybridized carbons (Fsp3) is 0.500. The molecule has 1 aromatic rings. The van der Waals surface area contributed by atoms with Crippen molar-refractivity contribution in [2.24, 2.45) is 0 Å². The minimum absolute atomic E-state index is 0.102. The van der Waals surface area contributed by atoms with E-state index in [1.807, 2.05) is 37.4 Å². The Balaban J connectivity index is 1.89. The van der Waals surface area contributed by atoms with Crippen LogP contribution in [0.1, 0.15) is 12.5 Å². The first-order valence-corrected chi connectivity index (χ1v) is 6.42. The van der Waals surface area contributed by atoms with E-state index < -0.39 is 0 Å². The van der Waals surface area contributed by atoms with Crippen molar-refractivity contribution in [3.8, 4) is 0 Å². The van der Waals surface area contributed by atoms with Crippen LogP contribution in [0.25, 0.3) is 0 Å². The van der Waals surface area contributed by atoms with Crippen LogP contribution >= 0.6 is 0 Å². The maximum Gasteiger partial charge on any atom is 0.241 e. The lowest BCUT2D eigenvalue weighted by molar-refractivity contribution is -0.133. The van der Waals surface area contributed by atoms with Crippen LogP contribution in [0.2, 0.25) is 0 Å². The first-order chi connectivity index (χ1) is 8.66. The zero-order valence-corrected chi connectivity index (χ0v) is 11.0. The Morgan fingerprint density at radius 3 is 2.61 bits per heavy atom. The summed E-state index contributed by atoms with van der Waals surface area (Å²) in [4.78, 5) is 14.0. The van der Waals surface area contributed by atoms with Crippen LogP contribution in [0.5, 0.6) is 0 Å². The second-order valence-corrected chi connectivity index (χ2v) is 4.95. The SMILES string of the molecule is CC1CNC(C(=O)N(C)Cc2ccccc2)CN1. The number of nitrogens with one attached hydrogen (secondary N) is 2. The molecular weight excluding hydrogens is 226 g/mol. The molecule has 1 heterocycles. The number of amides is 1. The fourth-order valence-corrected chi connectivity index (χ4v) is 2.16. The summed E-state index contributed by atoms with van der Waals surface area (Å²) in [6.45, 7) is 4.32. The highest BCUT2D eigenvalue weighted by Gasteiger charge is 2.25. The van der Waals surface area contributed by atoms with E-state index in [2.05, 4.69) is 17.6 Å². The molecule has 1 amide bonds. The summed E-state index contributed by atoms with van der Waals surface area (Å²) in [5.41, 5.74) is 1.16. The highest BCUT2D eigenvalue weighted by Crippen LogP contribution is 2.05. The molecule has 98 valence electrons. The predicted octanol–water partition coefficient (Wildman–Crippen LogP) is 0.595. The lowest BCUT2D eigenvalue weighted by Gasteiger charge is -2.31. The predicted molar refractivity (Wildman–Crippen MR) is 72.2 cm³/mol. The van der Waals surface area contributed by atoms with E-state index in [9.17, 15) is 4.79 Å². The second kappa shape index (κ2) is 5.98. The molecule has 1 saturated heterocycles. The summed E-state index contributed by atoms with van der Waals surface area (Å²) >= 11 is 0. The Morgan fingerprint density at radius 1 is 1.28 bits per heavy atom. The molecule has 0 radical (unpaired) electrons. The van der Waals surface area contributed by atoms with Gasteiger partial charge in [-0.3, -0.25) is 4.79 Å². The number of carbonyl (C=O) groups is 1.